The third-order valence-electron chi connectivity index (χ3n) is 3.96. The van der Waals surface area contributed by atoms with Crippen molar-refractivity contribution in [2.45, 2.75) is 45.8 Å². The molecular weight excluding hydrogens is 322 g/mol. The normalized spacial score (nSPS) is 20.3. The number of benzene rings is 1. The average Bonchev–Trinajstić information content (AvgIpc) is 2.90. The van der Waals surface area contributed by atoms with Crippen LogP contribution >= 0.6 is 0 Å². The van der Waals surface area contributed by atoms with Gasteiger partial charge in [-0.05, 0) is 45.2 Å². The Hall–Kier alpha value is -2.44. The Morgan fingerprint density at radius 2 is 2.00 bits per heavy atom. The molecule has 138 valence electrons. The Kier molecular flexibility index (Phi) is 5.45. The highest BCUT2D eigenvalue weighted by Gasteiger charge is 2.40. The zero-order valence-corrected chi connectivity index (χ0v) is 15.5. The summed E-state index contributed by atoms with van der Waals surface area (Å²) in [4.78, 5) is 26.6. The maximum Gasteiger partial charge on any atom is 0.410 e. The topological polar surface area (TPSA) is 93.9 Å². The monoisotopic (exact) mass is 349 g/mol. The lowest BCUT2D eigenvalue weighted by Gasteiger charge is -2.28. The molecule has 1 fully saturated rings. The van der Waals surface area contributed by atoms with Crippen LogP contribution in [0, 0.1) is 5.92 Å². The smallest absolute Gasteiger partial charge is 0.410 e. The molecular formula is C18H27N3O4. The van der Waals surface area contributed by atoms with Crippen LogP contribution in [-0.4, -0.2) is 42.2 Å². The average molecular weight is 349 g/mol. The molecule has 0 bridgehead atoms. The molecule has 7 nitrogen and oxygen atoms in total. The molecule has 1 aliphatic heterocycles. The minimum atomic E-state index is -0.607. The number of amides is 2. The minimum Gasteiger partial charge on any atom is -0.497 e. The summed E-state index contributed by atoms with van der Waals surface area (Å²) >= 11 is 0. The number of carbonyl (C=O) groups is 2. The third-order valence-corrected chi connectivity index (χ3v) is 3.96. The molecule has 1 aromatic carbocycles. The molecule has 0 spiro atoms. The van der Waals surface area contributed by atoms with Crippen LogP contribution in [0.1, 0.15) is 34.1 Å². The number of likely N-dealkylation sites (tertiary alicyclic amines) is 1. The van der Waals surface area contributed by atoms with Gasteiger partial charge in [0.25, 0.3) is 0 Å². The summed E-state index contributed by atoms with van der Waals surface area (Å²) in [6, 6.07) is 4.46. The van der Waals surface area contributed by atoms with Crippen molar-refractivity contribution in [2.75, 3.05) is 24.7 Å². The van der Waals surface area contributed by atoms with E-state index >= 15 is 0 Å². The Morgan fingerprint density at radius 1 is 1.32 bits per heavy atom. The molecule has 1 unspecified atom stereocenters. The highest BCUT2D eigenvalue weighted by molar-refractivity contribution is 5.99. The van der Waals surface area contributed by atoms with Gasteiger partial charge in [0.05, 0.1) is 18.5 Å². The van der Waals surface area contributed by atoms with Crippen molar-refractivity contribution in [1.29, 1.82) is 0 Å². The standard InChI is InChI=1S/C18H27N3O4/c1-11-8-15(21(10-11)17(23)25-18(2,3)4)16(22)20-14-7-6-12(24-5)9-13(14)19/h6-7,9,11,15H,8,10,19H2,1-5H3,(H,20,22)/t11?,15-/m0/s1. The van der Waals surface area contributed by atoms with E-state index in [0.29, 0.717) is 30.1 Å². The summed E-state index contributed by atoms with van der Waals surface area (Å²) < 4.78 is 10.5. The number of ether oxygens (including phenoxy) is 2. The minimum absolute atomic E-state index is 0.219. The van der Waals surface area contributed by atoms with Gasteiger partial charge in [-0.15, -0.1) is 0 Å². The Bertz CT molecular complexity index is 654. The van der Waals surface area contributed by atoms with E-state index in [-0.39, 0.29) is 11.8 Å². The van der Waals surface area contributed by atoms with Crippen LogP contribution in [0.4, 0.5) is 16.2 Å². The molecule has 1 heterocycles. The van der Waals surface area contributed by atoms with E-state index in [1.165, 1.54) is 4.90 Å². The van der Waals surface area contributed by atoms with Crippen LogP contribution in [0.2, 0.25) is 0 Å². The number of carbonyl (C=O) groups excluding carboxylic acids is 2. The van der Waals surface area contributed by atoms with E-state index in [2.05, 4.69) is 5.32 Å². The van der Waals surface area contributed by atoms with E-state index in [1.54, 1.807) is 46.1 Å². The number of anilines is 2. The zero-order chi connectivity index (χ0) is 18.8. The summed E-state index contributed by atoms with van der Waals surface area (Å²) in [5.41, 5.74) is 6.24. The molecule has 0 radical (unpaired) electrons. The number of nitrogens with two attached hydrogens (primary N) is 1. The first kappa shape index (κ1) is 18.9. The molecule has 2 amide bonds. The SMILES string of the molecule is COc1ccc(NC(=O)[C@@H]2CC(C)CN2C(=O)OC(C)(C)C)c(N)c1. The summed E-state index contributed by atoms with van der Waals surface area (Å²) in [7, 11) is 1.55. The molecule has 7 heteroatoms. The maximum absolute atomic E-state index is 12.7. The van der Waals surface area contributed by atoms with Crippen molar-refractivity contribution >= 4 is 23.4 Å². The predicted molar refractivity (Wildman–Crippen MR) is 96.5 cm³/mol. The van der Waals surface area contributed by atoms with Gasteiger partial charge in [-0.3, -0.25) is 9.69 Å². The van der Waals surface area contributed by atoms with Gasteiger partial charge in [-0.25, -0.2) is 4.79 Å². The second kappa shape index (κ2) is 7.21. The van der Waals surface area contributed by atoms with Crippen LogP contribution in [-0.2, 0) is 9.53 Å². The van der Waals surface area contributed by atoms with Gasteiger partial charge in [0.1, 0.15) is 17.4 Å². The molecule has 1 aliphatic rings. The number of hydrogen-bond acceptors (Lipinski definition) is 5. The van der Waals surface area contributed by atoms with Crippen molar-refractivity contribution in [2.24, 2.45) is 5.92 Å². The quantitative estimate of drug-likeness (QED) is 0.818. The van der Waals surface area contributed by atoms with E-state index in [1.807, 2.05) is 6.92 Å². The summed E-state index contributed by atoms with van der Waals surface area (Å²) in [5, 5.41) is 2.80. The third kappa shape index (κ3) is 4.78. The van der Waals surface area contributed by atoms with Crippen LogP contribution in [0.25, 0.3) is 0 Å². The lowest BCUT2D eigenvalue weighted by atomic mass is 10.1. The second-order valence-corrected chi connectivity index (χ2v) is 7.43. The molecule has 1 saturated heterocycles. The van der Waals surface area contributed by atoms with Gasteiger partial charge in [0.2, 0.25) is 5.91 Å². The number of rotatable bonds is 3. The van der Waals surface area contributed by atoms with E-state index in [4.69, 9.17) is 15.2 Å². The van der Waals surface area contributed by atoms with Crippen molar-refractivity contribution in [3.05, 3.63) is 18.2 Å². The molecule has 1 aromatic rings. The number of nitrogens with one attached hydrogen (secondary N) is 1. The molecule has 2 atom stereocenters. The Labute approximate surface area is 148 Å². The molecule has 3 N–H and O–H groups in total. The van der Waals surface area contributed by atoms with E-state index < -0.39 is 17.7 Å². The molecule has 0 aliphatic carbocycles. The zero-order valence-electron chi connectivity index (χ0n) is 15.5. The first-order chi connectivity index (χ1) is 11.6. The fourth-order valence-electron chi connectivity index (χ4n) is 2.81. The van der Waals surface area contributed by atoms with E-state index in [9.17, 15) is 9.59 Å². The fraction of sp³-hybridized carbons (Fsp3) is 0.556. The highest BCUT2D eigenvalue weighted by atomic mass is 16.6. The van der Waals surface area contributed by atoms with Gasteiger partial charge in [0.15, 0.2) is 0 Å². The summed E-state index contributed by atoms with van der Waals surface area (Å²) in [6.07, 6.45) is 0.112. The molecule has 0 saturated carbocycles. The van der Waals surface area contributed by atoms with Gasteiger partial charge < -0.3 is 20.5 Å². The number of nitrogen functional groups attached to an aromatic ring is 1. The van der Waals surface area contributed by atoms with Crippen LogP contribution < -0.4 is 15.8 Å². The van der Waals surface area contributed by atoms with Crippen LogP contribution in [0.15, 0.2) is 18.2 Å². The van der Waals surface area contributed by atoms with Gasteiger partial charge in [-0.2, -0.15) is 0 Å². The van der Waals surface area contributed by atoms with Crippen molar-refractivity contribution < 1.29 is 19.1 Å². The van der Waals surface area contributed by atoms with Crippen LogP contribution in [0.5, 0.6) is 5.75 Å². The van der Waals surface area contributed by atoms with Crippen LogP contribution in [0.3, 0.4) is 0 Å². The van der Waals surface area contributed by atoms with Gasteiger partial charge >= 0.3 is 6.09 Å². The van der Waals surface area contributed by atoms with Crippen molar-refractivity contribution in [3.8, 4) is 5.75 Å². The lowest BCUT2D eigenvalue weighted by molar-refractivity contribution is -0.120. The van der Waals surface area contributed by atoms with E-state index in [0.717, 1.165) is 0 Å². The molecule has 0 aromatic heterocycles. The number of methoxy groups -OCH3 is 1. The van der Waals surface area contributed by atoms with Gasteiger partial charge in [-0.1, -0.05) is 6.92 Å². The van der Waals surface area contributed by atoms with Crippen molar-refractivity contribution in [1.82, 2.24) is 4.90 Å². The Morgan fingerprint density at radius 3 is 2.56 bits per heavy atom. The first-order valence-electron chi connectivity index (χ1n) is 8.34. The van der Waals surface area contributed by atoms with Gasteiger partial charge in [0, 0.05) is 12.6 Å². The molecule has 2 rings (SSSR count). The number of hydrogen-bond donors (Lipinski definition) is 2. The Balaban J connectivity index is 2.12. The second-order valence-electron chi connectivity index (χ2n) is 7.43. The lowest BCUT2D eigenvalue weighted by Crippen LogP contribution is -2.45. The largest absolute Gasteiger partial charge is 0.497 e. The summed E-state index contributed by atoms with van der Waals surface area (Å²) in [5.74, 6) is 0.559. The predicted octanol–water partition coefficient (Wildman–Crippen LogP) is 2.86. The molecule has 25 heavy (non-hydrogen) atoms. The highest BCUT2D eigenvalue weighted by Crippen LogP contribution is 2.28. The fourth-order valence-corrected chi connectivity index (χ4v) is 2.81. The van der Waals surface area contributed by atoms with Crippen molar-refractivity contribution in [3.63, 3.8) is 0 Å². The number of nitrogens with zero attached hydrogens (tertiary/aromatic N) is 1. The maximum atomic E-state index is 12.7. The summed E-state index contributed by atoms with van der Waals surface area (Å²) in [6.45, 7) is 7.91. The first-order valence-corrected chi connectivity index (χ1v) is 8.34.